The van der Waals surface area contributed by atoms with Gasteiger partial charge in [-0.2, -0.15) is 5.10 Å². The molecular formula is C13H16N4O2. The lowest BCUT2D eigenvalue weighted by Gasteiger charge is -2.25. The zero-order valence-electron chi connectivity index (χ0n) is 10.8. The van der Waals surface area contributed by atoms with Gasteiger partial charge in [0, 0.05) is 19.0 Å². The van der Waals surface area contributed by atoms with E-state index in [9.17, 15) is 4.79 Å². The lowest BCUT2D eigenvalue weighted by atomic mass is 10.1. The van der Waals surface area contributed by atoms with Gasteiger partial charge in [-0.15, -0.1) is 0 Å². The van der Waals surface area contributed by atoms with Crippen molar-refractivity contribution in [3.8, 4) is 0 Å². The lowest BCUT2D eigenvalue weighted by Crippen LogP contribution is -2.35. The van der Waals surface area contributed by atoms with Crippen LogP contribution in [0, 0.1) is 0 Å². The van der Waals surface area contributed by atoms with Crippen molar-refractivity contribution < 1.29 is 9.32 Å². The number of hydrogen-bond donors (Lipinski definition) is 1. The molecule has 1 N–H and O–H groups in total. The summed E-state index contributed by atoms with van der Waals surface area (Å²) in [6, 6.07) is 1.74. The largest absolute Gasteiger partial charge is 0.361 e. The number of nitrogens with one attached hydrogen (secondary N) is 1. The molecule has 0 bridgehead atoms. The molecule has 6 nitrogen and oxygen atoms in total. The summed E-state index contributed by atoms with van der Waals surface area (Å²) in [7, 11) is 0. The second kappa shape index (κ2) is 4.87. The van der Waals surface area contributed by atoms with E-state index in [1.807, 2.05) is 0 Å². The van der Waals surface area contributed by atoms with Crippen molar-refractivity contribution in [1.82, 2.24) is 15.4 Å². The van der Waals surface area contributed by atoms with Crippen molar-refractivity contribution in [1.29, 1.82) is 0 Å². The Labute approximate surface area is 110 Å². The van der Waals surface area contributed by atoms with E-state index in [-0.39, 0.29) is 5.91 Å². The zero-order valence-corrected chi connectivity index (χ0v) is 10.8. The van der Waals surface area contributed by atoms with Crippen molar-refractivity contribution in [3.05, 3.63) is 29.4 Å². The highest BCUT2D eigenvalue weighted by molar-refractivity contribution is 6.05. The highest BCUT2D eigenvalue weighted by Crippen LogP contribution is 2.26. The van der Waals surface area contributed by atoms with E-state index in [0.29, 0.717) is 12.2 Å². The number of anilines is 1. The number of nitrogens with zero attached hydrogens (tertiary/aromatic N) is 3. The van der Waals surface area contributed by atoms with Gasteiger partial charge in [-0.1, -0.05) is 12.1 Å². The first-order valence-electron chi connectivity index (χ1n) is 6.59. The van der Waals surface area contributed by atoms with E-state index in [1.54, 1.807) is 17.2 Å². The molecule has 100 valence electrons. The minimum Gasteiger partial charge on any atom is -0.361 e. The number of fused-ring (bicyclic) bond motifs is 1. The fourth-order valence-corrected chi connectivity index (χ4v) is 2.38. The van der Waals surface area contributed by atoms with Crippen LogP contribution in [-0.4, -0.2) is 27.8 Å². The van der Waals surface area contributed by atoms with Crippen LogP contribution in [0.2, 0.25) is 0 Å². The summed E-state index contributed by atoms with van der Waals surface area (Å²) in [6.07, 6.45) is 5.33. The van der Waals surface area contributed by atoms with Crippen LogP contribution in [0.4, 0.5) is 5.69 Å². The molecule has 3 heterocycles. The molecule has 1 aliphatic heterocycles. The third-order valence-corrected chi connectivity index (χ3v) is 3.31. The van der Waals surface area contributed by atoms with E-state index >= 15 is 0 Å². The monoisotopic (exact) mass is 260 g/mol. The van der Waals surface area contributed by atoms with Gasteiger partial charge in [0.15, 0.2) is 5.69 Å². The molecule has 0 aliphatic carbocycles. The highest BCUT2D eigenvalue weighted by Gasteiger charge is 2.27. The van der Waals surface area contributed by atoms with Gasteiger partial charge in [0.2, 0.25) is 0 Å². The third kappa shape index (κ3) is 2.14. The number of carbonyl (C=O) groups excluding carboxylic acids is 1. The van der Waals surface area contributed by atoms with E-state index < -0.39 is 0 Å². The summed E-state index contributed by atoms with van der Waals surface area (Å²) in [4.78, 5) is 14.2. The topological polar surface area (TPSA) is 75.0 Å². The number of aromatic amines is 1. The normalized spacial score (nSPS) is 14.5. The van der Waals surface area contributed by atoms with Crippen molar-refractivity contribution in [3.63, 3.8) is 0 Å². The Balaban J connectivity index is 1.84. The van der Waals surface area contributed by atoms with Gasteiger partial charge in [-0.3, -0.25) is 9.89 Å². The Morgan fingerprint density at radius 1 is 1.58 bits per heavy atom. The summed E-state index contributed by atoms with van der Waals surface area (Å²) in [5, 5.41) is 10.8. The average molecular weight is 260 g/mol. The van der Waals surface area contributed by atoms with Gasteiger partial charge in [0.05, 0.1) is 17.6 Å². The van der Waals surface area contributed by atoms with Gasteiger partial charge in [-0.25, -0.2) is 0 Å². The molecule has 2 aromatic heterocycles. The number of hydrogen-bond acceptors (Lipinski definition) is 4. The van der Waals surface area contributed by atoms with Gasteiger partial charge in [-0.05, 0) is 19.3 Å². The number of amides is 1. The highest BCUT2D eigenvalue weighted by atomic mass is 16.5. The van der Waals surface area contributed by atoms with Crippen molar-refractivity contribution in [2.75, 3.05) is 11.4 Å². The van der Waals surface area contributed by atoms with Crippen LogP contribution in [0.1, 0.15) is 41.7 Å². The lowest BCUT2D eigenvalue weighted by molar-refractivity contribution is 0.0976. The summed E-state index contributed by atoms with van der Waals surface area (Å²) in [5.74, 6) is 0.642. The summed E-state index contributed by atoms with van der Waals surface area (Å²) >= 11 is 0. The van der Waals surface area contributed by atoms with Crippen LogP contribution in [0.25, 0.3) is 0 Å². The summed E-state index contributed by atoms with van der Waals surface area (Å²) < 4.78 is 5.17. The Morgan fingerprint density at radius 2 is 2.47 bits per heavy atom. The molecule has 1 amide bonds. The molecule has 0 radical (unpaired) electrons. The predicted molar refractivity (Wildman–Crippen MR) is 69.1 cm³/mol. The standard InChI is InChI=1S/C13H16N4O2/c1-2-4-9-7-11(16-19-9)13(18)17-6-3-5-10-12(17)8-14-15-10/h7-8H,2-6H2,1H3,(H,14,15). The number of aromatic nitrogens is 3. The first kappa shape index (κ1) is 12.0. The number of H-pyrrole nitrogens is 1. The number of rotatable bonds is 3. The second-order valence-electron chi connectivity index (χ2n) is 4.72. The number of carbonyl (C=O) groups is 1. The smallest absolute Gasteiger partial charge is 0.280 e. The molecule has 0 fully saturated rings. The predicted octanol–water partition coefficient (Wildman–Crippen LogP) is 1.94. The van der Waals surface area contributed by atoms with Crippen LogP contribution in [0.5, 0.6) is 0 Å². The van der Waals surface area contributed by atoms with Gasteiger partial charge < -0.3 is 9.42 Å². The Kier molecular flexibility index (Phi) is 3.06. The number of aryl methyl sites for hydroxylation is 2. The Bertz CT molecular complexity index is 587. The Hall–Kier alpha value is -2.11. The average Bonchev–Trinajstić information content (AvgIpc) is 3.06. The molecule has 0 saturated heterocycles. The fraction of sp³-hybridized carbons (Fsp3) is 0.462. The van der Waals surface area contributed by atoms with Crippen LogP contribution in [-0.2, 0) is 12.8 Å². The minimum absolute atomic E-state index is 0.117. The molecule has 0 saturated carbocycles. The van der Waals surface area contributed by atoms with Crippen LogP contribution in [0.3, 0.4) is 0 Å². The molecule has 0 atom stereocenters. The molecule has 6 heteroatoms. The van der Waals surface area contributed by atoms with Crippen LogP contribution in [0.15, 0.2) is 16.8 Å². The molecule has 0 aromatic carbocycles. The van der Waals surface area contributed by atoms with Gasteiger partial charge in [0.1, 0.15) is 5.76 Å². The summed E-state index contributed by atoms with van der Waals surface area (Å²) in [5.41, 5.74) is 2.24. The van der Waals surface area contributed by atoms with E-state index in [2.05, 4.69) is 22.3 Å². The van der Waals surface area contributed by atoms with Crippen LogP contribution < -0.4 is 4.90 Å². The fourth-order valence-electron chi connectivity index (χ4n) is 2.38. The van der Waals surface area contributed by atoms with Crippen LogP contribution >= 0.6 is 0 Å². The minimum atomic E-state index is -0.117. The first-order valence-corrected chi connectivity index (χ1v) is 6.59. The first-order chi connectivity index (χ1) is 9.29. The SMILES string of the molecule is CCCc1cc(C(=O)N2CCCc3[nH]ncc32)no1. The van der Waals surface area contributed by atoms with Gasteiger partial charge >= 0.3 is 0 Å². The van der Waals surface area contributed by atoms with Crippen molar-refractivity contribution >= 4 is 11.6 Å². The van der Waals surface area contributed by atoms with E-state index in [4.69, 9.17) is 4.52 Å². The molecular weight excluding hydrogens is 244 g/mol. The third-order valence-electron chi connectivity index (χ3n) is 3.31. The molecule has 3 rings (SSSR count). The van der Waals surface area contributed by atoms with Crippen molar-refractivity contribution in [2.24, 2.45) is 0 Å². The Morgan fingerprint density at radius 3 is 3.32 bits per heavy atom. The van der Waals surface area contributed by atoms with Gasteiger partial charge in [0.25, 0.3) is 5.91 Å². The van der Waals surface area contributed by atoms with Crippen molar-refractivity contribution in [2.45, 2.75) is 32.6 Å². The second-order valence-corrected chi connectivity index (χ2v) is 4.72. The molecule has 19 heavy (non-hydrogen) atoms. The maximum atomic E-state index is 12.4. The molecule has 1 aliphatic rings. The zero-order chi connectivity index (χ0) is 13.2. The summed E-state index contributed by atoms with van der Waals surface area (Å²) in [6.45, 7) is 2.76. The van der Waals surface area contributed by atoms with E-state index in [1.165, 1.54) is 0 Å². The molecule has 0 spiro atoms. The maximum Gasteiger partial charge on any atom is 0.280 e. The molecule has 2 aromatic rings. The van der Waals surface area contributed by atoms with E-state index in [0.717, 1.165) is 42.8 Å². The molecule has 0 unspecified atom stereocenters. The maximum absolute atomic E-state index is 12.4. The quantitative estimate of drug-likeness (QED) is 0.915.